The molecule has 23 heavy (non-hydrogen) atoms. The number of halogens is 5. The summed E-state index contributed by atoms with van der Waals surface area (Å²) in [6.45, 7) is 0.0861. The molecule has 0 spiro atoms. The van der Waals surface area contributed by atoms with Gasteiger partial charge in [-0.3, -0.25) is 0 Å². The zero-order valence-electron chi connectivity index (χ0n) is 12.0. The lowest BCUT2D eigenvalue weighted by atomic mass is 10.0. The Balaban J connectivity index is 0.00000264. The van der Waals surface area contributed by atoms with E-state index < -0.39 is 32.2 Å². The van der Waals surface area contributed by atoms with Gasteiger partial charge in [0, 0.05) is 12.1 Å². The van der Waals surface area contributed by atoms with E-state index in [4.69, 9.17) is 17.3 Å². The number of nitrogens with two attached hydrogens (primary N) is 1. The zero-order valence-corrected chi connectivity index (χ0v) is 14.4. The van der Waals surface area contributed by atoms with E-state index in [9.17, 15) is 21.6 Å². The molecule has 4 nitrogen and oxygen atoms in total. The molecule has 1 aromatic rings. The van der Waals surface area contributed by atoms with Crippen LogP contribution < -0.4 is 10.5 Å². The fraction of sp³-hybridized carbons (Fsp3) is 0.538. The van der Waals surface area contributed by atoms with Gasteiger partial charge < -0.3 is 5.73 Å². The topological polar surface area (TPSA) is 72.2 Å². The van der Waals surface area contributed by atoms with Crippen molar-refractivity contribution >= 4 is 34.0 Å². The lowest BCUT2D eigenvalue weighted by molar-refractivity contribution is -0.137. The molecule has 0 aromatic heterocycles. The van der Waals surface area contributed by atoms with Crippen molar-refractivity contribution < 1.29 is 21.6 Å². The van der Waals surface area contributed by atoms with Crippen molar-refractivity contribution in [2.45, 2.75) is 42.3 Å². The van der Waals surface area contributed by atoms with E-state index in [0.717, 1.165) is 25.0 Å². The minimum atomic E-state index is -4.65. The predicted molar refractivity (Wildman–Crippen MR) is 84.3 cm³/mol. The molecular formula is C13H17Cl2F3N2O2S. The minimum absolute atomic E-state index is 0. The molecule has 0 bridgehead atoms. The van der Waals surface area contributed by atoms with Crippen LogP contribution in [0.3, 0.4) is 0 Å². The van der Waals surface area contributed by atoms with Gasteiger partial charge in [0.1, 0.15) is 4.90 Å². The molecule has 0 atom stereocenters. The first-order valence-electron chi connectivity index (χ1n) is 6.70. The van der Waals surface area contributed by atoms with Crippen LogP contribution >= 0.6 is 24.0 Å². The normalized spacial score (nSPS) is 17.8. The molecule has 0 heterocycles. The summed E-state index contributed by atoms with van der Waals surface area (Å²) in [4.78, 5) is -0.580. The van der Waals surface area contributed by atoms with E-state index >= 15 is 0 Å². The fourth-order valence-corrected chi connectivity index (χ4v) is 4.62. The van der Waals surface area contributed by atoms with Crippen molar-refractivity contribution in [3.05, 3.63) is 28.8 Å². The first-order valence-corrected chi connectivity index (χ1v) is 8.57. The molecule has 0 radical (unpaired) electrons. The lowest BCUT2D eigenvalue weighted by Gasteiger charge is -2.28. The van der Waals surface area contributed by atoms with Gasteiger partial charge in [0.2, 0.25) is 10.0 Å². The Morgan fingerprint density at radius 2 is 1.83 bits per heavy atom. The molecule has 132 valence electrons. The summed E-state index contributed by atoms with van der Waals surface area (Å²) in [7, 11) is -4.19. The quantitative estimate of drug-likeness (QED) is 0.825. The van der Waals surface area contributed by atoms with Crippen molar-refractivity contribution in [3.63, 3.8) is 0 Å². The third-order valence-corrected chi connectivity index (χ3v) is 5.91. The highest BCUT2D eigenvalue weighted by molar-refractivity contribution is 7.89. The third kappa shape index (κ3) is 4.51. The molecule has 10 heteroatoms. The van der Waals surface area contributed by atoms with E-state index in [1.165, 1.54) is 0 Å². The molecule has 0 unspecified atom stereocenters. The van der Waals surface area contributed by atoms with Crippen LogP contribution in [0.1, 0.15) is 31.2 Å². The van der Waals surface area contributed by atoms with Crippen molar-refractivity contribution in [3.8, 4) is 0 Å². The number of hydrogen-bond acceptors (Lipinski definition) is 3. The van der Waals surface area contributed by atoms with Crippen LogP contribution in [0.2, 0.25) is 5.02 Å². The summed E-state index contributed by atoms with van der Waals surface area (Å²) in [5.74, 6) is 0. The molecule has 1 saturated carbocycles. The van der Waals surface area contributed by atoms with Crippen LogP contribution in [0, 0.1) is 0 Å². The van der Waals surface area contributed by atoms with Gasteiger partial charge in [-0.2, -0.15) is 13.2 Å². The van der Waals surface area contributed by atoms with Crippen molar-refractivity contribution in [1.82, 2.24) is 4.72 Å². The smallest absolute Gasteiger partial charge is 0.329 e. The average molecular weight is 393 g/mol. The van der Waals surface area contributed by atoms with E-state index in [0.29, 0.717) is 18.9 Å². The van der Waals surface area contributed by atoms with Crippen molar-refractivity contribution in [2.24, 2.45) is 5.73 Å². The highest BCUT2D eigenvalue weighted by Crippen LogP contribution is 2.35. The summed E-state index contributed by atoms with van der Waals surface area (Å²) in [5.41, 5.74) is 3.78. The maximum atomic E-state index is 12.8. The molecule has 3 N–H and O–H groups in total. The van der Waals surface area contributed by atoms with Crippen LogP contribution in [0.25, 0.3) is 0 Å². The third-order valence-electron chi connectivity index (χ3n) is 3.85. The van der Waals surface area contributed by atoms with Gasteiger partial charge in [-0.1, -0.05) is 24.4 Å². The van der Waals surface area contributed by atoms with Crippen LogP contribution in [0.4, 0.5) is 13.2 Å². The van der Waals surface area contributed by atoms with Gasteiger partial charge in [0.25, 0.3) is 0 Å². The first-order chi connectivity index (χ1) is 10.1. The van der Waals surface area contributed by atoms with Gasteiger partial charge in [0.15, 0.2) is 0 Å². The van der Waals surface area contributed by atoms with E-state index in [1.807, 2.05) is 0 Å². The second kappa shape index (κ2) is 7.14. The van der Waals surface area contributed by atoms with Gasteiger partial charge in [-0.25, -0.2) is 13.1 Å². The summed E-state index contributed by atoms with van der Waals surface area (Å²) in [6, 6.07) is 2.22. The first kappa shape index (κ1) is 20.5. The number of hydrogen-bond donors (Lipinski definition) is 2. The number of benzene rings is 1. The average Bonchev–Trinajstić information content (AvgIpc) is 2.86. The van der Waals surface area contributed by atoms with E-state index in [1.54, 1.807) is 0 Å². The van der Waals surface area contributed by atoms with E-state index in [2.05, 4.69) is 4.72 Å². The Morgan fingerprint density at radius 1 is 1.26 bits per heavy atom. The molecule has 1 aliphatic carbocycles. The molecule has 1 fully saturated rings. The largest absolute Gasteiger partial charge is 0.416 e. The second-order valence-corrected chi connectivity index (χ2v) is 7.50. The van der Waals surface area contributed by atoms with Crippen LogP contribution in [-0.4, -0.2) is 20.5 Å². The molecular weight excluding hydrogens is 376 g/mol. The van der Waals surface area contributed by atoms with Gasteiger partial charge in [-0.05, 0) is 31.0 Å². The molecule has 0 amide bonds. The number of alkyl halides is 3. The SMILES string of the molecule is Cl.NCC1(NS(=O)(=O)c2cc(C(F)(F)F)ccc2Cl)CCCC1. The minimum Gasteiger partial charge on any atom is -0.329 e. The number of sulfonamides is 1. The van der Waals surface area contributed by atoms with Crippen LogP contribution in [0.15, 0.2) is 23.1 Å². The van der Waals surface area contributed by atoms with Gasteiger partial charge in [0.05, 0.1) is 10.6 Å². The molecule has 0 saturated heterocycles. The summed E-state index contributed by atoms with van der Waals surface area (Å²) < 4.78 is 65.6. The van der Waals surface area contributed by atoms with Crippen LogP contribution in [0.5, 0.6) is 0 Å². The van der Waals surface area contributed by atoms with Gasteiger partial charge in [-0.15, -0.1) is 12.4 Å². The summed E-state index contributed by atoms with van der Waals surface area (Å²) in [6.07, 6.45) is -1.90. The zero-order chi connectivity index (χ0) is 16.6. The highest BCUT2D eigenvalue weighted by atomic mass is 35.5. The summed E-state index contributed by atoms with van der Waals surface area (Å²) >= 11 is 5.79. The highest BCUT2D eigenvalue weighted by Gasteiger charge is 2.38. The number of rotatable bonds is 4. The standard InChI is InChI=1S/C13H16ClF3N2O2S.ClH/c14-10-4-3-9(13(15,16)17)7-11(10)22(20,21)19-12(8-18)5-1-2-6-12;/h3-4,7,19H,1-2,5-6,8,18H2;1H. The molecule has 1 aromatic carbocycles. The molecule has 0 aliphatic heterocycles. The van der Waals surface area contributed by atoms with Crippen LogP contribution in [-0.2, 0) is 16.2 Å². The Hall–Kier alpha value is -0.540. The Labute approximate surface area is 144 Å². The second-order valence-electron chi connectivity index (χ2n) is 5.44. The lowest BCUT2D eigenvalue weighted by Crippen LogP contribution is -2.51. The Morgan fingerprint density at radius 3 is 2.30 bits per heavy atom. The van der Waals surface area contributed by atoms with Crippen molar-refractivity contribution in [2.75, 3.05) is 6.54 Å². The van der Waals surface area contributed by atoms with E-state index in [-0.39, 0.29) is 24.0 Å². The van der Waals surface area contributed by atoms with Crippen molar-refractivity contribution in [1.29, 1.82) is 0 Å². The fourth-order valence-electron chi connectivity index (χ4n) is 2.63. The maximum absolute atomic E-state index is 12.8. The maximum Gasteiger partial charge on any atom is 0.416 e. The monoisotopic (exact) mass is 392 g/mol. The molecule has 2 rings (SSSR count). The summed E-state index contributed by atoms with van der Waals surface area (Å²) in [5, 5.41) is -0.259. The Kier molecular flexibility index (Phi) is 6.37. The number of nitrogens with one attached hydrogen (secondary N) is 1. The molecule has 1 aliphatic rings. The Bertz CT molecular complexity index is 660. The van der Waals surface area contributed by atoms with Gasteiger partial charge >= 0.3 is 6.18 Å². The predicted octanol–water partition coefficient (Wildman–Crippen LogP) is 3.33.